The van der Waals surface area contributed by atoms with Gasteiger partial charge in [0.15, 0.2) is 0 Å². The van der Waals surface area contributed by atoms with E-state index in [0.717, 1.165) is 19.5 Å². The normalized spacial score (nSPS) is 10.6. The Labute approximate surface area is 95.3 Å². The van der Waals surface area contributed by atoms with E-state index >= 15 is 0 Å². The molecule has 0 amide bonds. The van der Waals surface area contributed by atoms with Gasteiger partial charge in [0.2, 0.25) is 0 Å². The fourth-order valence-electron chi connectivity index (χ4n) is 1.58. The minimum atomic E-state index is 0.784. The molecule has 0 unspecified atom stereocenters. The van der Waals surface area contributed by atoms with Crippen LogP contribution in [-0.4, -0.2) is 28.4 Å². The first-order chi connectivity index (χ1) is 7.88. The minimum Gasteiger partial charge on any atom is -0.319 e. The Kier molecular flexibility index (Phi) is 3.66. The zero-order valence-electron chi connectivity index (χ0n) is 9.43. The SMILES string of the molecule is CNCCc1ccc(Cn2cncn2)cc1. The van der Waals surface area contributed by atoms with Crippen LogP contribution in [0.3, 0.4) is 0 Å². The molecular weight excluding hydrogens is 200 g/mol. The molecule has 84 valence electrons. The Hall–Kier alpha value is -1.68. The second-order valence-electron chi connectivity index (χ2n) is 3.76. The van der Waals surface area contributed by atoms with Gasteiger partial charge in [-0.05, 0) is 31.1 Å². The van der Waals surface area contributed by atoms with Crippen molar-refractivity contribution in [2.24, 2.45) is 0 Å². The summed E-state index contributed by atoms with van der Waals surface area (Å²) in [7, 11) is 1.97. The van der Waals surface area contributed by atoms with Gasteiger partial charge in [0.05, 0.1) is 6.54 Å². The van der Waals surface area contributed by atoms with Gasteiger partial charge in [-0.3, -0.25) is 0 Å². The number of benzene rings is 1. The van der Waals surface area contributed by atoms with Crippen LogP contribution in [0.25, 0.3) is 0 Å². The molecule has 1 aromatic carbocycles. The van der Waals surface area contributed by atoms with Crippen molar-refractivity contribution in [2.45, 2.75) is 13.0 Å². The fourth-order valence-corrected chi connectivity index (χ4v) is 1.58. The van der Waals surface area contributed by atoms with Crippen LogP contribution in [-0.2, 0) is 13.0 Å². The lowest BCUT2D eigenvalue weighted by Crippen LogP contribution is -2.10. The quantitative estimate of drug-likeness (QED) is 0.813. The lowest BCUT2D eigenvalue weighted by atomic mass is 10.1. The number of hydrogen-bond donors (Lipinski definition) is 1. The van der Waals surface area contributed by atoms with Crippen LogP contribution < -0.4 is 5.32 Å². The average molecular weight is 216 g/mol. The average Bonchev–Trinajstić information content (AvgIpc) is 2.81. The summed E-state index contributed by atoms with van der Waals surface area (Å²) >= 11 is 0. The van der Waals surface area contributed by atoms with E-state index in [1.54, 1.807) is 12.7 Å². The van der Waals surface area contributed by atoms with E-state index in [2.05, 4.69) is 39.7 Å². The molecule has 0 aliphatic carbocycles. The monoisotopic (exact) mass is 216 g/mol. The van der Waals surface area contributed by atoms with E-state index < -0.39 is 0 Å². The van der Waals surface area contributed by atoms with Crippen molar-refractivity contribution in [3.05, 3.63) is 48.0 Å². The minimum absolute atomic E-state index is 0.784. The summed E-state index contributed by atoms with van der Waals surface area (Å²) in [5.74, 6) is 0. The third-order valence-corrected chi connectivity index (χ3v) is 2.50. The van der Waals surface area contributed by atoms with Gasteiger partial charge in [-0.15, -0.1) is 0 Å². The van der Waals surface area contributed by atoms with Crippen LogP contribution in [0.5, 0.6) is 0 Å². The molecule has 1 aromatic heterocycles. The van der Waals surface area contributed by atoms with Crippen molar-refractivity contribution in [1.82, 2.24) is 20.1 Å². The molecule has 0 fully saturated rings. The van der Waals surface area contributed by atoms with Crippen LogP contribution in [0, 0.1) is 0 Å². The number of likely N-dealkylation sites (N-methyl/N-ethyl adjacent to an activating group) is 1. The smallest absolute Gasteiger partial charge is 0.137 e. The van der Waals surface area contributed by atoms with Crippen molar-refractivity contribution in [3.8, 4) is 0 Å². The molecule has 0 aliphatic rings. The van der Waals surface area contributed by atoms with Crippen molar-refractivity contribution in [2.75, 3.05) is 13.6 Å². The second-order valence-corrected chi connectivity index (χ2v) is 3.76. The Morgan fingerprint density at radius 1 is 1.19 bits per heavy atom. The highest BCUT2D eigenvalue weighted by Crippen LogP contribution is 2.06. The zero-order chi connectivity index (χ0) is 11.2. The summed E-state index contributed by atoms with van der Waals surface area (Å²) in [6.45, 7) is 1.80. The molecule has 0 saturated carbocycles. The fraction of sp³-hybridized carbons (Fsp3) is 0.333. The molecule has 1 heterocycles. The summed E-state index contributed by atoms with van der Waals surface area (Å²) in [6.07, 6.45) is 4.36. The summed E-state index contributed by atoms with van der Waals surface area (Å²) in [5, 5.41) is 7.22. The molecule has 0 radical (unpaired) electrons. The molecule has 0 saturated heterocycles. The predicted molar refractivity (Wildman–Crippen MR) is 63.2 cm³/mol. The highest BCUT2D eigenvalue weighted by atomic mass is 15.3. The van der Waals surface area contributed by atoms with Gasteiger partial charge in [-0.25, -0.2) is 9.67 Å². The molecule has 2 rings (SSSR count). The van der Waals surface area contributed by atoms with E-state index in [4.69, 9.17) is 0 Å². The van der Waals surface area contributed by atoms with Gasteiger partial charge in [-0.1, -0.05) is 24.3 Å². The lowest BCUT2D eigenvalue weighted by Gasteiger charge is -2.04. The number of nitrogens with zero attached hydrogens (tertiary/aromatic N) is 3. The summed E-state index contributed by atoms with van der Waals surface area (Å²) < 4.78 is 1.82. The maximum atomic E-state index is 4.08. The zero-order valence-corrected chi connectivity index (χ0v) is 9.43. The van der Waals surface area contributed by atoms with E-state index in [1.807, 2.05) is 11.7 Å². The van der Waals surface area contributed by atoms with Crippen LogP contribution in [0.4, 0.5) is 0 Å². The van der Waals surface area contributed by atoms with Gasteiger partial charge in [0, 0.05) is 0 Å². The molecule has 2 aromatic rings. The predicted octanol–water partition coefficient (Wildman–Crippen LogP) is 1.09. The van der Waals surface area contributed by atoms with E-state index in [9.17, 15) is 0 Å². The Bertz CT molecular complexity index is 405. The van der Waals surface area contributed by atoms with Crippen LogP contribution in [0.15, 0.2) is 36.9 Å². The third kappa shape index (κ3) is 2.90. The molecule has 4 heteroatoms. The Morgan fingerprint density at radius 3 is 2.56 bits per heavy atom. The molecule has 0 bridgehead atoms. The van der Waals surface area contributed by atoms with Gasteiger partial charge in [0.25, 0.3) is 0 Å². The molecule has 4 nitrogen and oxygen atoms in total. The van der Waals surface area contributed by atoms with E-state index in [0.29, 0.717) is 0 Å². The van der Waals surface area contributed by atoms with Gasteiger partial charge in [-0.2, -0.15) is 5.10 Å². The van der Waals surface area contributed by atoms with Gasteiger partial charge < -0.3 is 5.32 Å². The van der Waals surface area contributed by atoms with Crippen molar-refractivity contribution < 1.29 is 0 Å². The first-order valence-electron chi connectivity index (χ1n) is 5.43. The largest absolute Gasteiger partial charge is 0.319 e. The van der Waals surface area contributed by atoms with Crippen LogP contribution in [0.2, 0.25) is 0 Å². The molecule has 0 spiro atoms. The summed E-state index contributed by atoms with van der Waals surface area (Å²) in [6, 6.07) is 8.63. The topological polar surface area (TPSA) is 42.7 Å². The first kappa shape index (κ1) is 10.8. The van der Waals surface area contributed by atoms with E-state index in [-0.39, 0.29) is 0 Å². The molecule has 1 N–H and O–H groups in total. The van der Waals surface area contributed by atoms with Gasteiger partial charge >= 0.3 is 0 Å². The second kappa shape index (κ2) is 5.42. The number of nitrogens with one attached hydrogen (secondary N) is 1. The first-order valence-corrected chi connectivity index (χ1v) is 5.43. The molecule has 0 aliphatic heterocycles. The third-order valence-electron chi connectivity index (χ3n) is 2.50. The maximum absolute atomic E-state index is 4.08. The molecule has 16 heavy (non-hydrogen) atoms. The molecule has 0 atom stereocenters. The van der Waals surface area contributed by atoms with Crippen molar-refractivity contribution in [1.29, 1.82) is 0 Å². The maximum Gasteiger partial charge on any atom is 0.137 e. The standard InChI is InChI=1S/C12H16N4/c1-13-7-6-11-2-4-12(5-3-11)8-16-10-14-9-15-16/h2-5,9-10,13H,6-8H2,1H3. The number of hydrogen-bond acceptors (Lipinski definition) is 3. The molecular formula is C12H16N4. The lowest BCUT2D eigenvalue weighted by molar-refractivity contribution is 0.684. The van der Waals surface area contributed by atoms with E-state index in [1.165, 1.54) is 11.1 Å². The number of aromatic nitrogens is 3. The Balaban J connectivity index is 1.96. The summed E-state index contributed by atoms with van der Waals surface area (Å²) in [4.78, 5) is 3.92. The van der Waals surface area contributed by atoms with Gasteiger partial charge in [0.1, 0.15) is 12.7 Å². The number of rotatable bonds is 5. The Morgan fingerprint density at radius 2 is 1.94 bits per heavy atom. The highest BCUT2D eigenvalue weighted by Gasteiger charge is 1.96. The van der Waals surface area contributed by atoms with Crippen LogP contribution >= 0.6 is 0 Å². The van der Waals surface area contributed by atoms with Crippen molar-refractivity contribution in [3.63, 3.8) is 0 Å². The summed E-state index contributed by atoms with van der Waals surface area (Å²) in [5.41, 5.74) is 2.61. The van der Waals surface area contributed by atoms with Crippen LogP contribution in [0.1, 0.15) is 11.1 Å². The highest BCUT2D eigenvalue weighted by molar-refractivity contribution is 5.22. The van der Waals surface area contributed by atoms with Crippen molar-refractivity contribution >= 4 is 0 Å².